The number of halogens is 1. The third kappa shape index (κ3) is 8.36. The first-order valence-corrected chi connectivity index (χ1v) is 10.6. The molecule has 0 bridgehead atoms. The van der Waals surface area contributed by atoms with Gasteiger partial charge in [-0.3, -0.25) is 0 Å². The Bertz CT molecular complexity index is 685. The minimum absolute atomic E-state index is 0. The molecule has 0 aliphatic carbocycles. The van der Waals surface area contributed by atoms with Crippen molar-refractivity contribution in [3.8, 4) is 0 Å². The predicted octanol–water partition coefficient (Wildman–Crippen LogP) is 1.64. The lowest BCUT2D eigenvalue weighted by Gasteiger charge is -2.21. The Morgan fingerprint density at radius 1 is 1.26 bits per heavy atom. The number of hydrogen-bond donors (Lipinski definition) is 3. The highest BCUT2D eigenvalue weighted by Gasteiger charge is 2.26. The molecule has 0 saturated heterocycles. The third-order valence-electron chi connectivity index (χ3n) is 3.91. The van der Waals surface area contributed by atoms with Crippen molar-refractivity contribution in [2.45, 2.75) is 40.2 Å². The minimum Gasteiger partial charge on any atom is -0.463 e. The van der Waals surface area contributed by atoms with Crippen molar-refractivity contribution in [3.05, 3.63) is 23.7 Å². The van der Waals surface area contributed by atoms with Crippen LogP contribution in [0.15, 0.2) is 21.5 Å². The van der Waals surface area contributed by atoms with E-state index in [1.807, 2.05) is 27.7 Å². The lowest BCUT2D eigenvalue weighted by atomic mass is 10.0. The van der Waals surface area contributed by atoms with Crippen LogP contribution in [0.2, 0.25) is 0 Å². The third-order valence-corrected chi connectivity index (χ3v) is 5.93. The van der Waals surface area contributed by atoms with Crippen molar-refractivity contribution in [1.29, 1.82) is 0 Å². The molecule has 0 radical (unpaired) electrons. The minimum atomic E-state index is -3.29. The molecule has 0 aromatic carbocycles. The standard InChI is InChI=1S/C17H32N4O4S.HI/c1-6-18-16(19-11-12-26(23,24)21(7-2)8-3)20-13-17(5,22)15-10-9-14(4)25-15;/h9-10,22H,6-8,11-13H2,1-5H3,(H2,18,19,20);1H. The summed E-state index contributed by atoms with van der Waals surface area (Å²) in [7, 11) is -3.29. The Labute approximate surface area is 179 Å². The van der Waals surface area contributed by atoms with E-state index in [-0.39, 0.29) is 42.8 Å². The lowest BCUT2D eigenvalue weighted by molar-refractivity contribution is 0.0428. The first-order valence-electron chi connectivity index (χ1n) is 8.95. The number of furan rings is 1. The number of aliphatic hydroxyl groups is 1. The van der Waals surface area contributed by atoms with Crippen molar-refractivity contribution in [2.24, 2.45) is 4.99 Å². The van der Waals surface area contributed by atoms with E-state index < -0.39 is 15.6 Å². The van der Waals surface area contributed by atoms with Crippen molar-refractivity contribution >= 4 is 40.0 Å². The van der Waals surface area contributed by atoms with Crippen LogP contribution in [0.3, 0.4) is 0 Å². The molecule has 1 aromatic rings. The van der Waals surface area contributed by atoms with E-state index in [1.165, 1.54) is 4.31 Å². The number of sulfonamides is 1. The molecule has 1 unspecified atom stereocenters. The fourth-order valence-electron chi connectivity index (χ4n) is 2.42. The number of nitrogens with one attached hydrogen (secondary N) is 2. The van der Waals surface area contributed by atoms with Crippen LogP contribution in [-0.4, -0.2) is 62.3 Å². The van der Waals surface area contributed by atoms with Gasteiger partial charge >= 0.3 is 0 Å². The van der Waals surface area contributed by atoms with Gasteiger partial charge in [0.2, 0.25) is 10.0 Å². The molecule has 0 saturated carbocycles. The van der Waals surface area contributed by atoms with E-state index in [0.717, 1.165) is 5.76 Å². The normalized spacial score (nSPS) is 14.6. The number of aliphatic imine (C=N–C) groups is 1. The maximum Gasteiger partial charge on any atom is 0.215 e. The fraction of sp³-hybridized carbons (Fsp3) is 0.706. The summed E-state index contributed by atoms with van der Waals surface area (Å²) in [6.07, 6.45) is 0. The SMILES string of the molecule is CCNC(=NCC(C)(O)c1ccc(C)o1)NCCS(=O)(=O)N(CC)CC.I. The van der Waals surface area contributed by atoms with E-state index in [1.54, 1.807) is 19.1 Å². The molecule has 0 spiro atoms. The van der Waals surface area contributed by atoms with Gasteiger partial charge in [0.05, 0.1) is 12.3 Å². The highest BCUT2D eigenvalue weighted by molar-refractivity contribution is 14.0. The highest BCUT2D eigenvalue weighted by Crippen LogP contribution is 2.22. The van der Waals surface area contributed by atoms with Crippen LogP contribution in [-0.2, 0) is 15.6 Å². The number of hydrogen-bond acceptors (Lipinski definition) is 5. The van der Waals surface area contributed by atoms with Gasteiger partial charge in [-0.25, -0.2) is 17.7 Å². The van der Waals surface area contributed by atoms with E-state index >= 15 is 0 Å². The zero-order valence-corrected chi connectivity index (χ0v) is 19.9. The number of rotatable bonds is 10. The van der Waals surface area contributed by atoms with Gasteiger partial charge in [0, 0.05) is 26.2 Å². The summed E-state index contributed by atoms with van der Waals surface area (Å²) in [6.45, 7) is 10.8. The van der Waals surface area contributed by atoms with Crippen LogP contribution >= 0.6 is 24.0 Å². The summed E-state index contributed by atoms with van der Waals surface area (Å²) >= 11 is 0. The second-order valence-electron chi connectivity index (χ2n) is 6.21. The van der Waals surface area contributed by atoms with Gasteiger partial charge in [-0.05, 0) is 32.9 Å². The number of aryl methyl sites for hydroxylation is 1. The van der Waals surface area contributed by atoms with Crippen molar-refractivity contribution in [2.75, 3.05) is 38.5 Å². The quantitative estimate of drug-likeness (QED) is 0.248. The Kier molecular flexibility index (Phi) is 11.5. The van der Waals surface area contributed by atoms with Gasteiger partial charge in [-0.1, -0.05) is 13.8 Å². The maximum atomic E-state index is 12.2. The molecular formula is C17H33IN4O4S. The summed E-state index contributed by atoms with van der Waals surface area (Å²) < 4.78 is 31.3. The molecule has 0 aliphatic heterocycles. The average molecular weight is 516 g/mol. The molecule has 10 heteroatoms. The van der Waals surface area contributed by atoms with Gasteiger partial charge in [0.15, 0.2) is 5.96 Å². The van der Waals surface area contributed by atoms with E-state index in [0.29, 0.717) is 31.4 Å². The molecule has 1 atom stereocenters. The van der Waals surface area contributed by atoms with Gasteiger partial charge < -0.3 is 20.2 Å². The number of guanidine groups is 1. The van der Waals surface area contributed by atoms with Crippen LogP contribution in [0.25, 0.3) is 0 Å². The number of nitrogens with zero attached hydrogens (tertiary/aromatic N) is 2. The predicted molar refractivity (Wildman–Crippen MR) is 119 cm³/mol. The van der Waals surface area contributed by atoms with Gasteiger partial charge in [0.25, 0.3) is 0 Å². The molecule has 3 N–H and O–H groups in total. The van der Waals surface area contributed by atoms with Crippen molar-refractivity contribution in [3.63, 3.8) is 0 Å². The smallest absolute Gasteiger partial charge is 0.215 e. The Hall–Kier alpha value is -0.850. The maximum absolute atomic E-state index is 12.2. The summed E-state index contributed by atoms with van der Waals surface area (Å²) in [5.74, 6) is 1.59. The van der Waals surface area contributed by atoms with E-state index in [9.17, 15) is 13.5 Å². The Morgan fingerprint density at radius 2 is 1.89 bits per heavy atom. The first kappa shape index (κ1) is 26.1. The molecule has 0 fully saturated rings. The van der Waals surface area contributed by atoms with Crippen LogP contribution in [0.5, 0.6) is 0 Å². The molecule has 8 nitrogen and oxygen atoms in total. The topological polar surface area (TPSA) is 107 Å². The average Bonchev–Trinajstić information content (AvgIpc) is 3.01. The molecule has 1 heterocycles. The largest absolute Gasteiger partial charge is 0.463 e. The summed E-state index contributed by atoms with van der Waals surface area (Å²) in [6, 6.07) is 3.51. The zero-order chi connectivity index (χ0) is 19.8. The molecule has 27 heavy (non-hydrogen) atoms. The molecule has 158 valence electrons. The highest BCUT2D eigenvalue weighted by atomic mass is 127. The molecule has 1 aromatic heterocycles. The van der Waals surface area contributed by atoms with Crippen LogP contribution < -0.4 is 10.6 Å². The second kappa shape index (κ2) is 11.9. The van der Waals surface area contributed by atoms with Crippen LogP contribution in [0.1, 0.15) is 39.2 Å². The monoisotopic (exact) mass is 516 g/mol. The van der Waals surface area contributed by atoms with Crippen LogP contribution in [0.4, 0.5) is 0 Å². The molecule has 0 amide bonds. The van der Waals surface area contributed by atoms with E-state index in [4.69, 9.17) is 4.42 Å². The fourth-order valence-corrected chi connectivity index (χ4v) is 3.83. The lowest BCUT2D eigenvalue weighted by Crippen LogP contribution is -2.42. The van der Waals surface area contributed by atoms with Gasteiger partial charge in [-0.15, -0.1) is 24.0 Å². The van der Waals surface area contributed by atoms with Crippen molar-refractivity contribution in [1.82, 2.24) is 14.9 Å². The first-order chi connectivity index (χ1) is 12.2. The van der Waals surface area contributed by atoms with Gasteiger partial charge in [0.1, 0.15) is 17.1 Å². The zero-order valence-electron chi connectivity index (χ0n) is 16.8. The van der Waals surface area contributed by atoms with Gasteiger partial charge in [-0.2, -0.15) is 0 Å². The summed E-state index contributed by atoms with van der Waals surface area (Å²) in [5.41, 5.74) is -1.25. The molecule has 1 rings (SSSR count). The Balaban J connectivity index is 0.00000676. The van der Waals surface area contributed by atoms with Crippen molar-refractivity contribution < 1.29 is 17.9 Å². The van der Waals surface area contributed by atoms with E-state index in [2.05, 4.69) is 15.6 Å². The second-order valence-corrected chi connectivity index (χ2v) is 8.29. The molecular weight excluding hydrogens is 483 g/mol. The van der Waals surface area contributed by atoms with Crippen LogP contribution in [0, 0.1) is 6.92 Å². The summed E-state index contributed by atoms with van der Waals surface area (Å²) in [4.78, 5) is 4.35. The Morgan fingerprint density at radius 3 is 2.37 bits per heavy atom. The summed E-state index contributed by atoms with van der Waals surface area (Å²) in [5, 5.41) is 16.6. The molecule has 0 aliphatic rings.